The quantitative estimate of drug-likeness (QED) is 0.304. The van der Waals surface area contributed by atoms with E-state index in [1.807, 2.05) is 0 Å². The second-order valence-electron chi connectivity index (χ2n) is 7.66. The molecule has 0 saturated carbocycles. The van der Waals surface area contributed by atoms with Gasteiger partial charge in [-0.3, -0.25) is 9.59 Å². The van der Waals surface area contributed by atoms with Gasteiger partial charge in [-0.15, -0.1) is 0 Å². The summed E-state index contributed by atoms with van der Waals surface area (Å²) in [7, 11) is 0. The molecule has 158 valence electrons. The number of carbonyl (C=O) groups is 4. The molecule has 0 atom stereocenters. The van der Waals surface area contributed by atoms with E-state index < -0.39 is 46.0 Å². The van der Waals surface area contributed by atoms with Gasteiger partial charge in [0.15, 0.2) is 11.6 Å². The summed E-state index contributed by atoms with van der Waals surface area (Å²) in [6, 6.07) is 9.12. The first-order chi connectivity index (χ1) is 13.9. The standard InChI is InChI=1S/C22H20F2O6/c1-21(2,17(25)13-5-9-15(23)10-6-13)19(27)29-30-20(28)22(3,4)18(26)14-7-11-16(24)12-8-14/h5-12H,1-4H3. The van der Waals surface area contributed by atoms with Gasteiger partial charge in [0.05, 0.1) is 0 Å². The van der Waals surface area contributed by atoms with E-state index in [0.717, 1.165) is 24.3 Å². The van der Waals surface area contributed by atoms with Gasteiger partial charge in [-0.1, -0.05) is 0 Å². The first-order valence-electron chi connectivity index (χ1n) is 8.91. The molecule has 0 bridgehead atoms. The van der Waals surface area contributed by atoms with Crippen LogP contribution >= 0.6 is 0 Å². The van der Waals surface area contributed by atoms with E-state index in [-0.39, 0.29) is 11.1 Å². The summed E-state index contributed by atoms with van der Waals surface area (Å²) in [4.78, 5) is 58.8. The summed E-state index contributed by atoms with van der Waals surface area (Å²) in [5.41, 5.74) is -3.36. The molecule has 0 fully saturated rings. The smallest absolute Gasteiger partial charge is 0.293 e. The maximum absolute atomic E-state index is 13.0. The van der Waals surface area contributed by atoms with Crippen molar-refractivity contribution in [2.45, 2.75) is 27.7 Å². The van der Waals surface area contributed by atoms with Crippen molar-refractivity contribution in [2.75, 3.05) is 0 Å². The van der Waals surface area contributed by atoms with E-state index in [1.54, 1.807) is 0 Å². The molecule has 0 N–H and O–H groups in total. The molecule has 8 heteroatoms. The monoisotopic (exact) mass is 418 g/mol. The minimum Gasteiger partial charge on any atom is -0.293 e. The number of Topliss-reactive ketones (excluding diaryl/α,β-unsaturated/α-hetero) is 2. The third kappa shape index (κ3) is 4.76. The average molecular weight is 418 g/mol. The van der Waals surface area contributed by atoms with Crippen LogP contribution in [0.3, 0.4) is 0 Å². The van der Waals surface area contributed by atoms with Gasteiger partial charge >= 0.3 is 11.9 Å². The van der Waals surface area contributed by atoms with Crippen LogP contribution in [0.4, 0.5) is 8.78 Å². The molecule has 0 spiro atoms. The van der Waals surface area contributed by atoms with Crippen LogP contribution in [0.2, 0.25) is 0 Å². The molecular formula is C22H20F2O6. The zero-order valence-corrected chi connectivity index (χ0v) is 16.8. The third-order valence-corrected chi connectivity index (χ3v) is 4.56. The zero-order chi connectivity index (χ0) is 22.7. The highest BCUT2D eigenvalue weighted by atomic mass is 19.1. The Morgan fingerprint density at radius 1 is 0.600 bits per heavy atom. The molecule has 0 amide bonds. The molecule has 30 heavy (non-hydrogen) atoms. The van der Waals surface area contributed by atoms with Gasteiger partial charge in [0.2, 0.25) is 0 Å². The Hall–Kier alpha value is -3.42. The summed E-state index contributed by atoms with van der Waals surface area (Å²) >= 11 is 0. The summed E-state index contributed by atoms with van der Waals surface area (Å²) in [5, 5.41) is 0. The highest BCUT2D eigenvalue weighted by Gasteiger charge is 2.43. The van der Waals surface area contributed by atoms with Crippen LogP contribution < -0.4 is 0 Å². The van der Waals surface area contributed by atoms with Crippen molar-refractivity contribution in [1.82, 2.24) is 0 Å². The summed E-state index contributed by atoms with van der Waals surface area (Å²) in [5.74, 6) is -4.79. The van der Waals surface area contributed by atoms with Crippen molar-refractivity contribution in [2.24, 2.45) is 10.8 Å². The molecule has 6 nitrogen and oxygen atoms in total. The molecular weight excluding hydrogens is 398 g/mol. The van der Waals surface area contributed by atoms with Crippen molar-refractivity contribution >= 4 is 23.5 Å². The summed E-state index contributed by atoms with van der Waals surface area (Å²) < 4.78 is 26.1. The molecule has 2 rings (SSSR count). The largest absolute Gasteiger partial charge is 0.368 e. The molecule has 0 aliphatic heterocycles. The van der Waals surface area contributed by atoms with Gasteiger partial charge in [-0.05, 0) is 76.2 Å². The highest BCUT2D eigenvalue weighted by molar-refractivity contribution is 6.13. The predicted molar refractivity (Wildman–Crippen MR) is 101 cm³/mol. The van der Waals surface area contributed by atoms with E-state index in [4.69, 9.17) is 0 Å². The number of carbonyl (C=O) groups excluding carboxylic acids is 4. The Balaban J connectivity index is 2.07. The number of ketones is 2. The minimum absolute atomic E-state index is 0.0662. The van der Waals surface area contributed by atoms with Crippen LogP contribution in [0.25, 0.3) is 0 Å². The highest BCUT2D eigenvalue weighted by Crippen LogP contribution is 2.27. The van der Waals surface area contributed by atoms with E-state index in [0.29, 0.717) is 0 Å². The van der Waals surface area contributed by atoms with E-state index >= 15 is 0 Å². The van der Waals surface area contributed by atoms with Crippen LogP contribution in [0.1, 0.15) is 48.4 Å². The van der Waals surface area contributed by atoms with E-state index in [2.05, 4.69) is 9.78 Å². The first kappa shape index (κ1) is 22.9. The van der Waals surface area contributed by atoms with Gasteiger partial charge in [0.1, 0.15) is 22.5 Å². The molecule has 0 aliphatic rings. The molecule has 0 aromatic heterocycles. The molecule has 0 unspecified atom stereocenters. The molecule has 0 aliphatic carbocycles. The van der Waals surface area contributed by atoms with Crippen LogP contribution in [-0.2, 0) is 19.4 Å². The Morgan fingerprint density at radius 2 is 0.867 bits per heavy atom. The molecule has 2 aromatic carbocycles. The van der Waals surface area contributed by atoms with Crippen molar-refractivity contribution < 1.29 is 37.7 Å². The van der Waals surface area contributed by atoms with Crippen molar-refractivity contribution in [3.63, 3.8) is 0 Å². The number of benzene rings is 2. The zero-order valence-electron chi connectivity index (χ0n) is 16.8. The van der Waals surface area contributed by atoms with Crippen LogP contribution in [0, 0.1) is 22.5 Å². The van der Waals surface area contributed by atoms with E-state index in [1.165, 1.54) is 52.0 Å². The van der Waals surface area contributed by atoms with Crippen LogP contribution in [0.5, 0.6) is 0 Å². The Labute approximate surface area is 171 Å². The molecule has 0 heterocycles. The summed E-state index contributed by atoms with van der Waals surface area (Å²) in [6.07, 6.45) is 0. The fourth-order valence-corrected chi connectivity index (χ4v) is 2.39. The van der Waals surface area contributed by atoms with Crippen molar-refractivity contribution in [3.05, 3.63) is 71.3 Å². The number of hydrogen-bond donors (Lipinski definition) is 0. The molecule has 2 aromatic rings. The lowest BCUT2D eigenvalue weighted by Crippen LogP contribution is -2.39. The van der Waals surface area contributed by atoms with Crippen LogP contribution in [0.15, 0.2) is 48.5 Å². The summed E-state index contributed by atoms with van der Waals surface area (Å²) in [6.45, 7) is 5.01. The number of rotatable bonds is 6. The van der Waals surface area contributed by atoms with Gasteiger partial charge in [-0.25, -0.2) is 28.1 Å². The number of hydrogen-bond acceptors (Lipinski definition) is 6. The molecule has 0 saturated heterocycles. The SMILES string of the molecule is CC(C)(C(=O)OOC(=O)C(C)(C)C(=O)c1ccc(F)cc1)C(=O)c1ccc(F)cc1. The Morgan fingerprint density at radius 3 is 1.13 bits per heavy atom. The van der Waals surface area contributed by atoms with E-state index in [9.17, 15) is 28.0 Å². The Bertz CT molecular complexity index is 894. The lowest BCUT2D eigenvalue weighted by Gasteiger charge is -2.22. The lowest BCUT2D eigenvalue weighted by molar-refractivity contribution is -0.268. The first-order valence-corrected chi connectivity index (χ1v) is 8.91. The van der Waals surface area contributed by atoms with Crippen LogP contribution in [-0.4, -0.2) is 23.5 Å². The van der Waals surface area contributed by atoms with Gasteiger partial charge in [-0.2, -0.15) is 0 Å². The van der Waals surface area contributed by atoms with Gasteiger partial charge in [0.25, 0.3) is 0 Å². The van der Waals surface area contributed by atoms with Gasteiger partial charge in [0, 0.05) is 11.1 Å². The Kier molecular flexibility index (Phi) is 6.50. The van der Waals surface area contributed by atoms with Gasteiger partial charge < -0.3 is 0 Å². The minimum atomic E-state index is -1.75. The number of halogens is 2. The maximum Gasteiger partial charge on any atom is 0.368 e. The predicted octanol–water partition coefficient (Wildman–Crippen LogP) is 4.08. The lowest BCUT2D eigenvalue weighted by atomic mass is 9.84. The van der Waals surface area contributed by atoms with Crippen molar-refractivity contribution in [3.8, 4) is 0 Å². The molecule has 0 radical (unpaired) electrons. The second-order valence-corrected chi connectivity index (χ2v) is 7.66. The topological polar surface area (TPSA) is 86.7 Å². The second kappa shape index (κ2) is 8.52. The van der Waals surface area contributed by atoms with Crippen molar-refractivity contribution in [1.29, 1.82) is 0 Å². The fourth-order valence-electron chi connectivity index (χ4n) is 2.39. The fraction of sp³-hybridized carbons (Fsp3) is 0.273. The maximum atomic E-state index is 13.0. The normalized spacial score (nSPS) is 11.5. The third-order valence-electron chi connectivity index (χ3n) is 4.56. The average Bonchev–Trinajstić information content (AvgIpc) is 2.71.